The van der Waals surface area contributed by atoms with E-state index >= 15 is 0 Å². The van der Waals surface area contributed by atoms with Crippen molar-refractivity contribution < 1.29 is 8.91 Å². The van der Waals surface area contributed by atoms with E-state index in [0.29, 0.717) is 26.1 Å². The molecular weight excluding hydrogens is 285 g/mol. The highest BCUT2D eigenvalue weighted by atomic mass is 19.1. The number of hydrogen-bond acceptors (Lipinski definition) is 5. The highest BCUT2D eigenvalue weighted by Gasteiger charge is 2.32. The van der Waals surface area contributed by atoms with Crippen molar-refractivity contribution in [3.05, 3.63) is 35.0 Å². The topological polar surface area (TPSA) is 70.0 Å². The second-order valence-corrected chi connectivity index (χ2v) is 5.93. The molecule has 3 rings (SSSR count). The SMILES string of the molecule is Cc1noc(C)c1CN1C[C@@H](F)C[C@H]1CNCc1ccn[nH]1. The molecule has 1 aliphatic rings. The van der Waals surface area contributed by atoms with Gasteiger partial charge in [0.15, 0.2) is 0 Å². The standard InChI is InChI=1S/C15H22FN5O/c1-10-15(11(2)22-20-10)9-21-8-12(16)5-14(21)7-17-6-13-3-4-18-19-13/h3-4,12,14,17H,5-9H2,1-2H3,(H,18,19)/t12-,14-/m0/s1. The van der Waals surface area contributed by atoms with E-state index in [1.54, 1.807) is 6.20 Å². The number of likely N-dealkylation sites (tertiary alicyclic amines) is 1. The third kappa shape index (κ3) is 3.36. The van der Waals surface area contributed by atoms with E-state index in [9.17, 15) is 4.39 Å². The summed E-state index contributed by atoms with van der Waals surface area (Å²) in [5.41, 5.74) is 3.00. The van der Waals surface area contributed by atoms with Gasteiger partial charge in [0.05, 0.1) is 5.69 Å². The van der Waals surface area contributed by atoms with E-state index in [-0.39, 0.29) is 6.04 Å². The van der Waals surface area contributed by atoms with Crippen LogP contribution >= 0.6 is 0 Å². The maximum atomic E-state index is 13.8. The first-order chi connectivity index (χ1) is 10.6. The Labute approximate surface area is 129 Å². The highest BCUT2D eigenvalue weighted by molar-refractivity contribution is 5.21. The minimum Gasteiger partial charge on any atom is -0.361 e. The summed E-state index contributed by atoms with van der Waals surface area (Å²) in [7, 11) is 0. The molecule has 0 radical (unpaired) electrons. The van der Waals surface area contributed by atoms with Gasteiger partial charge in [0.1, 0.15) is 11.9 Å². The van der Waals surface area contributed by atoms with E-state index in [1.165, 1.54) is 0 Å². The number of aryl methyl sites for hydroxylation is 2. The molecule has 6 nitrogen and oxygen atoms in total. The molecule has 120 valence electrons. The first-order valence-electron chi connectivity index (χ1n) is 7.62. The number of alkyl halides is 1. The zero-order valence-electron chi connectivity index (χ0n) is 13.0. The van der Waals surface area contributed by atoms with Gasteiger partial charge >= 0.3 is 0 Å². The fourth-order valence-corrected chi connectivity index (χ4v) is 3.02. The lowest BCUT2D eigenvalue weighted by Crippen LogP contribution is -2.37. The van der Waals surface area contributed by atoms with Gasteiger partial charge in [-0.05, 0) is 26.3 Å². The number of aromatic nitrogens is 3. The number of halogens is 1. The smallest absolute Gasteiger partial charge is 0.138 e. The average molecular weight is 307 g/mol. The van der Waals surface area contributed by atoms with Gasteiger partial charge in [0.25, 0.3) is 0 Å². The fourth-order valence-electron chi connectivity index (χ4n) is 3.02. The Morgan fingerprint density at radius 2 is 2.36 bits per heavy atom. The van der Waals surface area contributed by atoms with Crippen LogP contribution in [0.1, 0.15) is 29.1 Å². The van der Waals surface area contributed by atoms with Crippen molar-refractivity contribution in [3.8, 4) is 0 Å². The van der Waals surface area contributed by atoms with Crippen molar-refractivity contribution in [1.82, 2.24) is 25.6 Å². The van der Waals surface area contributed by atoms with Gasteiger partial charge in [-0.1, -0.05) is 5.16 Å². The van der Waals surface area contributed by atoms with E-state index in [2.05, 4.69) is 25.6 Å². The molecule has 7 heteroatoms. The van der Waals surface area contributed by atoms with Crippen molar-refractivity contribution in [3.63, 3.8) is 0 Å². The summed E-state index contributed by atoms with van der Waals surface area (Å²) in [4.78, 5) is 2.18. The highest BCUT2D eigenvalue weighted by Crippen LogP contribution is 2.24. The predicted octanol–water partition coefficient (Wildman–Crippen LogP) is 1.72. The van der Waals surface area contributed by atoms with Gasteiger partial charge in [-0.2, -0.15) is 5.10 Å². The number of hydrogen-bond donors (Lipinski definition) is 2. The molecule has 2 atom stereocenters. The summed E-state index contributed by atoms with van der Waals surface area (Å²) in [5.74, 6) is 0.823. The molecule has 1 fully saturated rings. The summed E-state index contributed by atoms with van der Waals surface area (Å²) < 4.78 is 19.0. The maximum absolute atomic E-state index is 13.8. The number of nitrogens with one attached hydrogen (secondary N) is 2. The molecule has 0 unspecified atom stereocenters. The summed E-state index contributed by atoms with van der Waals surface area (Å²) in [6, 6.07) is 2.12. The van der Waals surface area contributed by atoms with Crippen LogP contribution in [0, 0.1) is 13.8 Å². The maximum Gasteiger partial charge on any atom is 0.138 e. The number of H-pyrrole nitrogens is 1. The summed E-state index contributed by atoms with van der Waals surface area (Å²) in [5, 5.41) is 14.2. The van der Waals surface area contributed by atoms with Gasteiger partial charge < -0.3 is 9.84 Å². The predicted molar refractivity (Wildman–Crippen MR) is 80.0 cm³/mol. The molecule has 0 aliphatic carbocycles. The molecule has 0 spiro atoms. The van der Waals surface area contributed by atoms with Crippen LogP contribution in [0.3, 0.4) is 0 Å². The van der Waals surface area contributed by atoms with Crippen LogP contribution in [0.4, 0.5) is 4.39 Å². The van der Waals surface area contributed by atoms with E-state index in [1.807, 2.05) is 19.9 Å². The molecule has 0 bridgehead atoms. The average Bonchev–Trinajstić information content (AvgIpc) is 3.18. The Morgan fingerprint density at radius 1 is 1.50 bits per heavy atom. The molecule has 0 aromatic carbocycles. The summed E-state index contributed by atoms with van der Waals surface area (Å²) in [6.45, 7) is 6.47. The van der Waals surface area contributed by atoms with E-state index in [0.717, 1.165) is 29.3 Å². The van der Waals surface area contributed by atoms with Crippen molar-refractivity contribution in [1.29, 1.82) is 0 Å². The second kappa shape index (κ2) is 6.58. The lowest BCUT2D eigenvalue weighted by molar-refractivity contribution is 0.228. The van der Waals surface area contributed by atoms with Gasteiger partial charge in [0.2, 0.25) is 0 Å². The molecule has 0 amide bonds. The van der Waals surface area contributed by atoms with Crippen LogP contribution in [0.25, 0.3) is 0 Å². The van der Waals surface area contributed by atoms with E-state index < -0.39 is 6.17 Å². The monoisotopic (exact) mass is 307 g/mol. The minimum atomic E-state index is -0.764. The normalized spacial score (nSPS) is 22.5. The lowest BCUT2D eigenvalue weighted by atomic mass is 10.1. The first kappa shape index (κ1) is 15.2. The minimum absolute atomic E-state index is 0.187. The molecule has 1 aliphatic heterocycles. The molecule has 2 N–H and O–H groups in total. The van der Waals surface area contributed by atoms with Crippen molar-refractivity contribution in [2.75, 3.05) is 13.1 Å². The Morgan fingerprint density at radius 3 is 3.05 bits per heavy atom. The molecular formula is C15H22FN5O. The molecule has 1 saturated heterocycles. The van der Waals surface area contributed by atoms with Crippen LogP contribution in [-0.2, 0) is 13.1 Å². The zero-order chi connectivity index (χ0) is 15.5. The summed E-state index contributed by atoms with van der Waals surface area (Å²) >= 11 is 0. The number of aromatic amines is 1. The third-order valence-corrected chi connectivity index (χ3v) is 4.27. The van der Waals surface area contributed by atoms with Gasteiger partial charge in [-0.15, -0.1) is 0 Å². The Kier molecular flexibility index (Phi) is 4.54. The third-order valence-electron chi connectivity index (χ3n) is 4.27. The van der Waals surface area contributed by atoms with Gasteiger partial charge in [0, 0.05) is 49.7 Å². The first-order valence-corrected chi connectivity index (χ1v) is 7.62. The zero-order valence-corrected chi connectivity index (χ0v) is 13.0. The van der Waals surface area contributed by atoms with Crippen molar-refractivity contribution in [2.24, 2.45) is 0 Å². The Balaban J connectivity index is 1.57. The van der Waals surface area contributed by atoms with Gasteiger partial charge in [-0.25, -0.2) is 4.39 Å². The number of rotatable bonds is 6. The van der Waals surface area contributed by atoms with Crippen LogP contribution in [0.5, 0.6) is 0 Å². The van der Waals surface area contributed by atoms with Crippen LogP contribution in [0.2, 0.25) is 0 Å². The molecule has 22 heavy (non-hydrogen) atoms. The second-order valence-electron chi connectivity index (χ2n) is 5.93. The summed E-state index contributed by atoms with van der Waals surface area (Å²) in [6.07, 6.45) is 1.53. The molecule has 0 saturated carbocycles. The Hall–Kier alpha value is -1.73. The van der Waals surface area contributed by atoms with Crippen LogP contribution in [-0.4, -0.2) is 45.6 Å². The van der Waals surface area contributed by atoms with Crippen LogP contribution < -0.4 is 5.32 Å². The Bertz CT molecular complexity index is 578. The lowest BCUT2D eigenvalue weighted by Gasteiger charge is -2.24. The van der Waals surface area contributed by atoms with Crippen LogP contribution in [0.15, 0.2) is 16.8 Å². The molecule has 2 aromatic heterocycles. The van der Waals surface area contributed by atoms with Crippen molar-refractivity contribution >= 4 is 0 Å². The number of nitrogens with zero attached hydrogens (tertiary/aromatic N) is 3. The fraction of sp³-hybridized carbons (Fsp3) is 0.600. The molecule has 3 heterocycles. The van der Waals surface area contributed by atoms with Crippen molar-refractivity contribution in [2.45, 2.75) is 45.6 Å². The molecule has 2 aromatic rings. The van der Waals surface area contributed by atoms with E-state index in [4.69, 9.17) is 4.52 Å². The van der Waals surface area contributed by atoms with Gasteiger partial charge in [-0.3, -0.25) is 10.00 Å². The quantitative estimate of drug-likeness (QED) is 0.850. The largest absolute Gasteiger partial charge is 0.361 e.